The minimum absolute atomic E-state index is 0.0954. The van der Waals surface area contributed by atoms with Gasteiger partial charge in [-0.05, 0) is 25.5 Å². The first-order chi connectivity index (χ1) is 7.63. The monoisotopic (exact) mass is 220 g/mol. The van der Waals surface area contributed by atoms with Gasteiger partial charge in [0.25, 0.3) is 0 Å². The highest BCUT2D eigenvalue weighted by Gasteiger charge is 2.00. The van der Waals surface area contributed by atoms with E-state index in [0.717, 1.165) is 12.0 Å². The van der Waals surface area contributed by atoms with E-state index in [0.29, 0.717) is 12.1 Å². The van der Waals surface area contributed by atoms with Crippen LogP contribution in [-0.4, -0.2) is 16.7 Å². The maximum Gasteiger partial charge on any atom is 0.240 e. The summed E-state index contributed by atoms with van der Waals surface area (Å²) in [5.74, 6) is 0.0916. The van der Waals surface area contributed by atoms with Crippen molar-refractivity contribution in [3.63, 3.8) is 0 Å². The molecule has 0 radical (unpaired) electrons. The highest BCUT2D eigenvalue weighted by molar-refractivity contribution is 5.99. The molecule has 4 nitrogen and oxygen atoms in total. The van der Waals surface area contributed by atoms with Crippen LogP contribution in [0.4, 0.5) is 0 Å². The van der Waals surface area contributed by atoms with Gasteiger partial charge in [-0.3, -0.25) is 4.79 Å². The number of phenolic OH excluding ortho intramolecular Hbond substituents is 1. The predicted octanol–water partition coefficient (Wildman–Crippen LogP) is 2.03. The summed E-state index contributed by atoms with van der Waals surface area (Å²) < 4.78 is 0. The van der Waals surface area contributed by atoms with Gasteiger partial charge in [-0.1, -0.05) is 19.1 Å². The lowest BCUT2D eigenvalue weighted by Crippen LogP contribution is -2.18. The van der Waals surface area contributed by atoms with Gasteiger partial charge in [0.2, 0.25) is 5.91 Å². The van der Waals surface area contributed by atoms with Crippen molar-refractivity contribution < 1.29 is 9.90 Å². The molecule has 1 amide bonds. The first kappa shape index (κ1) is 12.2. The van der Waals surface area contributed by atoms with Gasteiger partial charge in [0, 0.05) is 12.0 Å². The quantitative estimate of drug-likeness (QED) is 0.602. The Balaban J connectivity index is 2.67. The van der Waals surface area contributed by atoms with E-state index in [9.17, 15) is 9.90 Å². The van der Waals surface area contributed by atoms with Crippen molar-refractivity contribution in [2.75, 3.05) is 0 Å². The summed E-state index contributed by atoms with van der Waals surface area (Å²) in [6, 6.07) is 6.75. The molecule has 0 bridgehead atoms. The lowest BCUT2D eigenvalue weighted by molar-refractivity contribution is -0.121. The van der Waals surface area contributed by atoms with E-state index >= 15 is 0 Å². The molecule has 0 saturated carbocycles. The van der Waals surface area contributed by atoms with E-state index in [1.54, 1.807) is 25.1 Å². The Morgan fingerprint density at radius 3 is 2.88 bits per heavy atom. The van der Waals surface area contributed by atoms with Crippen LogP contribution in [0.15, 0.2) is 29.4 Å². The van der Waals surface area contributed by atoms with Gasteiger partial charge in [0.15, 0.2) is 0 Å². The lowest BCUT2D eigenvalue weighted by Gasteiger charge is -2.02. The number of benzene rings is 1. The Morgan fingerprint density at radius 1 is 1.50 bits per heavy atom. The molecule has 0 saturated heterocycles. The van der Waals surface area contributed by atoms with Crippen molar-refractivity contribution >= 4 is 11.6 Å². The number of aromatic hydroxyl groups is 1. The summed E-state index contributed by atoms with van der Waals surface area (Å²) in [4.78, 5) is 11.2. The van der Waals surface area contributed by atoms with E-state index in [4.69, 9.17) is 0 Å². The highest BCUT2D eigenvalue weighted by atomic mass is 16.3. The van der Waals surface area contributed by atoms with E-state index in [1.165, 1.54) is 0 Å². The van der Waals surface area contributed by atoms with Crippen LogP contribution in [0.5, 0.6) is 5.75 Å². The molecule has 0 aliphatic carbocycles. The molecule has 0 unspecified atom stereocenters. The zero-order valence-electron chi connectivity index (χ0n) is 9.53. The van der Waals surface area contributed by atoms with E-state index in [1.807, 2.05) is 13.0 Å². The number of carbonyl (C=O) groups excluding carboxylic acids is 1. The summed E-state index contributed by atoms with van der Waals surface area (Å²) in [7, 11) is 0. The topological polar surface area (TPSA) is 61.7 Å². The van der Waals surface area contributed by atoms with Crippen molar-refractivity contribution in [1.29, 1.82) is 0 Å². The molecule has 2 N–H and O–H groups in total. The Hall–Kier alpha value is -1.84. The number of carbonyl (C=O) groups is 1. The fourth-order valence-electron chi connectivity index (χ4n) is 1.22. The van der Waals surface area contributed by atoms with E-state index in [-0.39, 0.29) is 11.7 Å². The molecule has 1 rings (SSSR count). The van der Waals surface area contributed by atoms with E-state index < -0.39 is 0 Å². The van der Waals surface area contributed by atoms with Crippen molar-refractivity contribution in [2.24, 2.45) is 5.10 Å². The minimum Gasteiger partial charge on any atom is -0.508 e. The molecule has 0 aliphatic heterocycles. The van der Waals surface area contributed by atoms with Crippen LogP contribution < -0.4 is 5.43 Å². The van der Waals surface area contributed by atoms with Crippen LogP contribution in [0.1, 0.15) is 32.3 Å². The molecule has 0 atom stereocenters. The van der Waals surface area contributed by atoms with Crippen LogP contribution in [-0.2, 0) is 4.79 Å². The number of hydrazone groups is 1. The third kappa shape index (κ3) is 3.73. The first-order valence-corrected chi connectivity index (χ1v) is 5.26. The van der Waals surface area contributed by atoms with Crippen LogP contribution in [0.3, 0.4) is 0 Å². The van der Waals surface area contributed by atoms with Crippen molar-refractivity contribution in [2.45, 2.75) is 26.7 Å². The van der Waals surface area contributed by atoms with Gasteiger partial charge in [0.1, 0.15) is 5.75 Å². The molecule has 0 aliphatic rings. The molecule has 1 aromatic rings. The average molecular weight is 220 g/mol. The van der Waals surface area contributed by atoms with Gasteiger partial charge in [-0.2, -0.15) is 5.10 Å². The number of nitrogens with one attached hydrogen (secondary N) is 1. The molecule has 0 aromatic heterocycles. The molecule has 16 heavy (non-hydrogen) atoms. The number of phenols is 1. The predicted molar refractivity (Wildman–Crippen MR) is 63.4 cm³/mol. The standard InChI is InChI=1S/C12H16N2O2/c1-3-5-12(16)14-13-9(2)10-6-4-7-11(15)8-10/h4,6-8,15H,3,5H2,1-2H3,(H,14,16)/b13-9-. The number of nitrogens with zero attached hydrogens (tertiary/aromatic N) is 1. The van der Waals surface area contributed by atoms with Gasteiger partial charge in [-0.25, -0.2) is 5.43 Å². The minimum atomic E-state index is -0.0954. The van der Waals surface area contributed by atoms with E-state index in [2.05, 4.69) is 10.5 Å². The molecule has 0 fully saturated rings. The summed E-state index contributed by atoms with van der Waals surface area (Å²) in [6.45, 7) is 3.71. The second-order valence-corrected chi connectivity index (χ2v) is 3.53. The SMILES string of the molecule is CCCC(=O)N/N=C(/C)c1cccc(O)c1. The molecular weight excluding hydrogens is 204 g/mol. The smallest absolute Gasteiger partial charge is 0.240 e. The maximum absolute atomic E-state index is 11.2. The van der Waals surface area contributed by atoms with Crippen molar-refractivity contribution in [3.8, 4) is 5.75 Å². The molecule has 86 valence electrons. The lowest BCUT2D eigenvalue weighted by atomic mass is 10.1. The van der Waals surface area contributed by atoms with Gasteiger partial charge in [0.05, 0.1) is 5.71 Å². The maximum atomic E-state index is 11.2. The summed E-state index contributed by atoms with van der Waals surface area (Å²) in [5, 5.41) is 13.2. The Kier molecular flexibility index (Phi) is 4.51. The normalized spacial score (nSPS) is 11.2. The molecule has 4 heteroatoms. The summed E-state index contributed by atoms with van der Waals surface area (Å²) >= 11 is 0. The second kappa shape index (κ2) is 5.90. The van der Waals surface area contributed by atoms with Gasteiger partial charge >= 0.3 is 0 Å². The zero-order chi connectivity index (χ0) is 12.0. The Morgan fingerprint density at radius 2 is 2.25 bits per heavy atom. The average Bonchev–Trinajstić information content (AvgIpc) is 2.26. The summed E-state index contributed by atoms with van der Waals surface area (Å²) in [6.07, 6.45) is 1.27. The molecular formula is C12H16N2O2. The van der Waals surface area contributed by atoms with Crippen LogP contribution in [0.2, 0.25) is 0 Å². The fourth-order valence-corrected chi connectivity index (χ4v) is 1.22. The number of rotatable bonds is 4. The summed E-state index contributed by atoms with van der Waals surface area (Å²) in [5.41, 5.74) is 3.92. The second-order valence-electron chi connectivity index (χ2n) is 3.53. The third-order valence-electron chi connectivity index (χ3n) is 2.09. The molecule has 0 spiro atoms. The van der Waals surface area contributed by atoms with Crippen molar-refractivity contribution in [3.05, 3.63) is 29.8 Å². The van der Waals surface area contributed by atoms with Crippen LogP contribution in [0, 0.1) is 0 Å². The van der Waals surface area contributed by atoms with Crippen LogP contribution >= 0.6 is 0 Å². The zero-order valence-corrected chi connectivity index (χ0v) is 9.53. The Labute approximate surface area is 95.0 Å². The number of hydrogen-bond acceptors (Lipinski definition) is 3. The van der Waals surface area contributed by atoms with Gasteiger partial charge in [-0.15, -0.1) is 0 Å². The largest absolute Gasteiger partial charge is 0.508 e. The number of amides is 1. The van der Waals surface area contributed by atoms with Crippen molar-refractivity contribution in [1.82, 2.24) is 5.43 Å². The van der Waals surface area contributed by atoms with Crippen LogP contribution in [0.25, 0.3) is 0 Å². The highest BCUT2D eigenvalue weighted by Crippen LogP contribution is 2.11. The Bertz CT molecular complexity index is 400. The third-order valence-corrected chi connectivity index (χ3v) is 2.09. The number of hydrogen-bond donors (Lipinski definition) is 2. The fraction of sp³-hybridized carbons (Fsp3) is 0.333. The molecule has 0 heterocycles. The molecule has 1 aromatic carbocycles. The first-order valence-electron chi connectivity index (χ1n) is 5.26. The van der Waals surface area contributed by atoms with Gasteiger partial charge < -0.3 is 5.11 Å².